The Morgan fingerprint density at radius 2 is 1.88 bits per heavy atom. The van der Waals surface area contributed by atoms with E-state index < -0.39 is 5.60 Å². The van der Waals surface area contributed by atoms with Gasteiger partial charge < -0.3 is 10.4 Å². The van der Waals surface area contributed by atoms with Crippen LogP contribution in [0.5, 0.6) is 0 Å². The van der Waals surface area contributed by atoms with Crippen LogP contribution in [-0.4, -0.2) is 23.8 Å². The molecule has 2 rings (SSSR count). The third kappa shape index (κ3) is 3.44. The summed E-state index contributed by atoms with van der Waals surface area (Å²) in [7, 11) is 0. The van der Waals surface area contributed by atoms with Crippen LogP contribution >= 0.6 is 11.6 Å². The van der Waals surface area contributed by atoms with Gasteiger partial charge in [-0.15, -0.1) is 0 Å². The second-order valence-corrected chi connectivity index (χ2v) is 5.62. The number of halogens is 1. The molecule has 0 spiro atoms. The zero-order chi connectivity index (χ0) is 12.3. The van der Waals surface area contributed by atoms with E-state index in [4.69, 9.17) is 11.6 Å². The largest absolute Gasteiger partial charge is 0.390 e. The van der Waals surface area contributed by atoms with E-state index in [0.29, 0.717) is 12.3 Å². The fourth-order valence-corrected chi connectivity index (χ4v) is 2.73. The van der Waals surface area contributed by atoms with Gasteiger partial charge in [-0.2, -0.15) is 0 Å². The summed E-state index contributed by atoms with van der Waals surface area (Å²) < 4.78 is 0. The molecule has 2 N–H and O–H groups in total. The maximum absolute atomic E-state index is 10.6. The van der Waals surface area contributed by atoms with Crippen LogP contribution in [0, 0.1) is 5.92 Å². The minimum atomic E-state index is -0.615. The summed E-state index contributed by atoms with van der Waals surface area (Å²) in [6, 6.07) is 7.76. The van der Waals surface area contributed by atoms with Crippen LogP contribution < -0.4 is 5.32 Å². The minimum absolute atomic E-state index is 0.388. The smallest absolute Gasteiger partial charge is 0.0688 e. The second kappa shape index (κ2) is 5.38. The lowest BCUT2D eigenvalue weighted by Crippen LogP contribution is -2.43. The average molecular weight is 254 g/mol. The molecule has 94 valence electrons. The van der Waals surface area contributed by atoms with E-state index in [1.807, 2.05) is 31.2 Å². The Kier molecular flexibility index (Phi) is 4.08. The molecule has 1 aliphatic heterocycles. The Labute approximate surface area is 108 Å². The van der Waals surface area contributed by atoms with Crippen molar-refractivity contribution < 1.29 is 5.11 Å². The quantitative estimate of drug-likeness (QED) is 0.868. The van der Waals surface area contributed by atoms with Crippen LogP contribution in [-0.2, 0) is 6.42 Å². The van der Waals surface area contributed by atoms with Crippen LogP contribution in [0.3, 0.4) is 0 Å². The molecule has 1 aliphatic rings. The Hall–Kier alpha value is -0.570. The van der Waals surface area contributed by atoms with Crippen molar-refractivity contribution >= 4 is 11.6 Å². The highest BCUT2D eigenvalue weighted by atomic mass is 35.5. The van der Waals surface area contributed by atoms with E-state index in [0.717, 1.165) is 36.5 Å². The van der Waals surface area contributed by atoms with Gasteiger partial charge in [0, 0.05) is 11.4 Å². The molecule has 1 heterocycles. The molecular formula is C14H20ClNO. The molecule has 0 radical (unpaired) electrons. The van der Waals surface area contributed by atoms with Crippen molar-refractivity contribution in [1.29, 1.82) is 0 Å². The SMILES string of the molecule is CC(O)(Cc1ccc(Cl)cc1)C1CCNCC1. The number of aliphatic hydroxyl groups is 1. The number of rotatable bonds is 3. The maximum atomic E-state index is 10.6. The lowest BCUT2D eigenvalue weighted by molar-refractivity contribution is -0.0131. The van der Waals surface area contributed by atoms with E-state index in [1.54, 1.807) is 0 Å². The summed E-state index contributed by atoms with van der Waals surface area (Å²) in [4.78, 5) is 0. The minimum Gasteiger partial charge on any atom is -0.390 e. The predicted octanol–water partition coefficient (Wildman–Crippen LogP) is 2.63. The van der Waals surface area contributed by atoms with E-state index >= 15 is 0 Å². The van der Waals surface area contributed by atoms with Crippen molar-refractivity contribution in [2.75, 3.05) is 13.1 Å². The monoisotopic (exact) mass is 253 g/mol. The van der Waals surface area contributed by atoms with Gasteiger partial charge >= 0.3 is 0 Å². The van der Waals surface area contributed by atoms with E-state index in [9.17, 15) is 5.11 Å². The Morgan fingerprint density at radius 1 is 1.29 bits per heavy atom. The van der Waals surface area contributed by atoms with Crippen molar-refractivity contribution in [2.24, 2.45) is 5.92 Å². The first kappa shape index (κ1) is 12.9. The van der Waals surface area contributed by atoms with Crippen molar-refractivity contribution in [1.82, 2.24) is 5.32 Å². The predicted molar refractivity (Wildman–Crippen MR) is 71.4 cm³/mol. The third-order valence-corrected chi connectivity index (χ3v) is 3.95. The standard InChI is InChI=1S/C14H20ClNO/c1-14(17,12-6-8-16-9-7-12)10-11-2-4-13(15)5-3-11/h2-5,12,16-17H,6-10H2,1H3. The lowest BCUT2D eigenvalue weighted by Gasteiger charge is -2.36. The molecule has 17 heavy (non-hydrogen) atoms. The van der Waals surface area contributed by atoms with Crippen LogP contribution in [0.2, 0.25) is 5.02 Å². The third-order valence-electron chi connectivity index (χ3n) is 3.69. The number of piperidine rings is 1. The normalized spacial score (nSPS) is 21.1. The molecule has 1 aromatic rings. The van der Waals surface area contributed by atoms with Gasteiger partial charge in [0.15, 0.2) is 0 Å². The molecule has 1 atom stereocenters. The van der Waals surface area contributed by atoms with Gasteiger partial charge in [-0.05, 0) is 56.5 Å². The van der Waals surface area contributed by atoms with Crippen molar-refractivity contribution in [3.05, 3.63) is 34.9 Å². The molecule has 0 amide bonds. The molecule has 1 fully saturated rings. The zero-order valence-electron chi connectivity index (χ0n) is 10.2. The van der Waals surface area contributed by atoms with Gasteiger partial charge in [0.1, 0.15) is 0 Å². The van der Waals surface area contributed by atoms with Crippen molar-refractivity contribution in [2.45, 2.75) is 31.8 Å². The van der Waals surface area contributed by atoms with Crippen LogP contribution in [0.25, 0.3) is 0 Å². The first-order chi connectivity index (χ1) is 8.08. The molecule has 3 heteroatoms. The number of hydrogen-bond donors (Lipinski definition) is 2. The molecule has 1 aromatic carbocycles. The fourth-order valence-electron chi connectivity index (χ4n) is 2.60. The molecule has 0 aromatic heterocycles. The number of nitrogens with one attached hydrogen (secondary N) is 1. The fraction of sp³-hybridized carbons (Fsp3) is 0.571. The number of benzene rings is 1. The summed E-state index contributed by atoms with van der Waals surface area (Å²) in [5.41, 5.74) is 0.536. The highest BCUT2D eigenvalue weighted by Gasteiger charge is 2.32. The van der Waals surface area contributed by atoms with Gasteiger partial charge in [0.2, 0.25) is 0 Å². The van der Waals surface area contributed by atoms with E-state index in [-0.39, 0.29) is 0 Å². The van der Waals surface area contributed by atoms with Crippen molar-refractivity contribution in [3.8, 4) is 0 Å². The van der Waals surface area contributed by atoms with Crippen LogP contribution in [0.1, 0.15) is 25.3 Å². The molecule has 0 saturated carbocycles. The summed E-state index contributed by atoms with van der Waals surface area (Å²) >= 11 is 5.86. The van der Waals surface area contributed by atoms with E-state index in [1.165, 1.54) is 0 Å². The van der Waals surface area contributed by atoms with Crippen LogP contribution in [0.15, 0.2) is 24.3 Å². The van der Waals surface area contributed by atoms with Crippen LogP contribution in [0.4, 0.5) is 0 Å². The molecule has 2 nitrogen and oxygen atoms in total. The van der Waals surface area contributed by atoms with Gasteiger partial charge in [0.25, 0.3) is 0 Å². The van der Waals surface area contributed by atoms with Gasteiger partial charge in [-0.25, -0.2) is 0 Å². The molecule has 0 aliphatic carbocycles. The highest BCUT2D eigenvalue weighted by Crippen LogP contribution is 2.29. The first-order valence-electron chi connectivity index (χ1n) is 6.25. The lowest BCUT2D eigenvalue weighted by atomic mass is 9.78. The van der Waals surface area contributed by atoms with Crippen molar-refractivity contribution in [3.63, 3.8) is 0 Å². The Bertz CT molecular complexity index is 355. The molecular weight excluding hydrogens is 234 g/mol. The van der Waals surface area contributed by atoms with Gasteiger partial charge in [-0.3, -0.25) is 0 Å². The molecule has 0 bridgehead atoms. The van der Waals surface area contributed by atoms with Gasteiger partial charge in [0.05, 0.1) is 5.60 Å². The first-order valence-corrected chi connectivity index (χ1v) is 6.63. The highest BCUT2D eigenvalue weighted by molar-refractivity contribution is 6.30. The Balaban J connectivity index is 2.02. The van der Waals surface area contributed by atoms with Gasteiger partial charge in [-0.1, -0.05) is 23.7 Å². The Morgan fingerprint density at radius 3 is 2.47 bits per heavy atom. The summed E-state index contributed by atoms with van der Waals surface area (Å²) in [6.45, 7) is 3.99. The summed E-state index contributed by atoms with van der Waals surface area (Å²) in [5, 5.41) is 14.7. The zero-order valence-corrected chi connectivity index (χ0v) is 11.0. The topological polar surface area (TPSA) is 32.3 Å². The summed E-state index contributed by atoms with van der Waals surface area (Å²) in [5.74, 6) is 0.388. The maximum Gasteiger partial charge on any atom is 0.0688 e. The summed E-state index contributed by atoms with van der Waals surface area (Å²) in [6.07, 6.45) is 2.82. The molecule has 1 saturated heterocycles. The van der Waals surface area contributed by atoms with E-state index in [2.05, 4.69) is 5.32 Å². The average Bonchev–Trinajstić information content (AvgIpc) is 2.33. The second-order valence-electron chi connectivity index (χ2n) is 5.18. The number of hydrogen-bond acceptors (Lipinski definition) is 2. The molecule has 1 unspecified atom stereocenters.